The first-order chi connectivity index (χ1) is 9.19. The standard InChI is InChI=1S/C17H34OSi/c1-14(2)8-11-19-12-9-16(10-13-19)15-4-6-17(18-3)7-5-15/h14-17,19H,4-13H2,1-3H3. The summed E-state index contributed by atoms with van der Waals surface area (Å²) in [6, 6.07) is 4.93. The van der Waals surface area contributed by atoms with Crippen LogP contribution in [0.1, 0.15) is 58.8 Å². The summed E-state index contributed by atoms with van der Waals surface area (Å²) in [4.78, 5) is 0. The van der Waals surface area contributed by atoms with Gasteiger partial charge in [0, 0.05) is 15.9 Å². The van der Waals surface area contributed by atoms with Crippen LogP contribution >= 0.6 is 0 Å². The zero-order valence-electron chi connectivity index (χ0n) is 13.4. The number of hydrogen-bond donors (Lipinski definition) is 0. The molecule has 0 spiro atoms. The minimum Gasteiger partial charge on any atom is -0.381 e. The summed E-state index contributed by atoms with van der Waals surface area (Å²) in [5, 5.41) is 0. The summed E-state index contributed by atoms with van der Waals surface area (Å²) >= 11 is 0. The SMILES string of the molecule is COC1CCC(C2CC[SiH](CCC(C)C)CC2)CC1. The Morgan fingerprint density at radius 3 is 2.05 bits per heavy atom. The second-order valence-corrected chi connectivity index (χ2v) is 11.0. The average molecular weight is 283 g/mol. The van der Waals surface area contributed by atoms with Gasteiger partial charge >= 0.3 is 0 Å². The number of hydrogen-bond acceptors (Lipinski definition) is 1. The maximum Gasteiger partial charge on any atom is 0.0571 e. The quantitative estimate of drug-likeness (QED) is 0.653. The molecule has 1 nitrogen and oxygen atoms in total. The largest absolute Gasteiger partial charge is 0.381 e. The third-order valence-corrected chi connectivity index (χ3v) is 9.21. The molecule has 0 amide bonds. The molecule has 0 N–H and O–H groups in total. The van der Waals surface area contributed by atoms with Gasteiger partial charge in [0.1, 0.15) is 0 Å². The van der Waals surface area contributed by atoms with E-state index in [2.05, 4.69) is 13.8 Å². The van der Waals surface area contributed by atoms with Gasteiger partial charge in [-0.15, -0.1) is 0 Å². The first kappa shape index (κ1) is 15.6. The highest BCUT2D eigenvalue weighted by Gasteiger charge is 2.31. The van der Waals surface area contributed by atoms with Gasteiger partial charge in [-0.3, -0.25) is 0 Å². The van der Waals surface area contributed by atoms with Crippen molar-refractivity contribution in [2.75, 3.05) is 7.11 Å². The Labute approximate surface area is 122 Å². The molecule has 19 heavy (non-hydrogen) atoms. The first-order valence-corrected chi connectivity index (χ1v) is 11.2. The third-order valence-electron chi connectivity index (χ3n) is 5.76. The lowest BCUT2D eigenvalue weighted by Gasteiger charge is -2.37. The molecule has 0 radical (unpaired) electrons. The van der Waals surface area contributed by atoms with Gasteiger partial charge in [0.05, 0.1) is 6.10 Å². The van der Waals surface area contributed by atoms with Gasteiger partial charge in [-0.2, -0.15) is 0 Å². The zero-order chi connectivity index (χ0) is 13.7. The van der Waals surface area contributed by atoms with Gasteiger partial charge in [0.25, 0.3) is 0 Å². The summed E-state index contributed by atoms with van der Waals surface area (Å²) in [5.41, 5.74) is 0. The molecule has 1 saturated carbocycles. The van der Waals surface area contributed by atoms with Crippen molar-refractivity contribution >= 4 is 8.80 Å². The predicted octanol–water partition coefficient (Wildman–Crippen LogP) is 4.87. The number of methoxy groups -OCH3 is 1. The molecule has 0 aromatic heterocycles. The van der Waals surface area contributed by atoms with Crippen molar-refractivity contribution < 1.29 is 4.74 Å². The summed E-state index contributed by atoms with van der Waals surface area (Å²) in [5.74, 6) is 3.06. The van der Waals surface area contributed by atoms with E-state index in [0.29, 0.717) is 6.10 Å². The molecule has 0 bridgehead atoms. The van der Waals surface area contributed by atoms with E-state index in [-0.39, 0.29) is 8.80 Å². The lowest BCUT2D eigenvalue weighted by molar-refractivity contribution is 0.0449. The summed E-state index contributed by atoms with van der Waals surface area (Å²) in [6.45, 7) is 4.77. The van der Waals surface area contributed by atoms with Crippen molar-refractivity contribution in [2.24, 2.45) is 17.8 Å². The van der Waals surface area contributed by atoms with Crippen LogP contribution in [0.5, 0.6) is 0 Å². The van der Waals surface area contributed by atoms with E-state index in [0.717, 1.165) is 17.8 Å². The molecule has 1 aliphatic heterocycles. The molecular formula is C17H34OSi. The van der Waals surface area contributed by atoms with Gasteiger partial charge in [-0.05, 0) is 43.4 Å². The Balaban J connectivity index is 1.66. The summed E-state index contributed by atoms with van der Waals surface area (Å²) in [6.07, 6.45) is 10.8. The van der Waals surface area contributed by atoms with E-state index in [1.807, 2.05) is 7.11 Å². The normalized spacial score (nSPS) is 36.6. The minimum absolute atomic E-state index is 0.318. The highest BCUT2D eigenvalue weighted by molar-refractivity contribution is 6.58. The van der Waals surface area contributed by atoms with Crippen LogP contribution in [0.15, 0.2) is 0 Å². The summed E-state index contributed by atoms with van der Waals surface area (Å²) < 4.78 is 5.51. The van der Waals surface area contributed by atoms with Crippen LogP contribution in [0.4, 0.5) is 0 Å². The molecule has 112 valence electrons. The Hall–Kier alpha value is 0.177. The molecule has 1 saturated heterocycles. The van der Waals surface area contributed by atoms with E-state index in [4.69, 9.17) is 4.74 Å². The molecular weight excluding hydrogens is 248 g/mol. The van der Waals surface area contributed by atoms with Gasteiger partial charge in [-0.1, -0.05) is 51.2 Å². The monoisotopic (exact) mass is 282 g/mol. The molecule has 0 aromatic rings. The van der Waals surface area contributed by atoms with Crippen LogP contribution < -0.4 is 0 Å². The number of ether oxygens (including phenoxy) is 1. The number of rotatable bonds is 5. The van der Waals surface area contributed by atoms with Crippen molar-refractivity contribution in [1.29, 1.82) is 0 Å². The Kier molecular flexibility index (Phi) is 6.41. The smallest absolute Gasteiger partial charge is 0.0571 e. The molecule has 0 atom stereocenters. The lowest BCUT2D eigenvalue weighted by Crippen LogP contribution is -2.30. The second kappa shape index (κ2) is 7.83. The summed E-state index contributed by atoms with van der Waals surface area (Å²) in [7, 11) is 1.57. The van der Waals surface area contributed by atoms with Crippen LogP contribution in [-0.2, 0) is 4.74 Å². The van der Waals surface area contributed by atoms with Crippen LogP contribution in [0.3, 0.4) is 0 Å². The molecule has 1 aliphatic carbocycles. The maximum absolute atomic E-state index is 5.51. The predicted molar refractivity (Wildman–Crippen MR) is 86.5 cm³/mol. The topological polar surface area (TPSA) is 9.23 Å². The molecule has 2 aliphatic rings. The highest BCUT2D eigenvalue weighted by Crippen LogP contribution is 2.40. The molecule has 1 heterocycles. The van der Waals surface area contributed by atoms with Crippen molar-refractivity contribution in [3.63, 3.8) is 0 Å². The fourth-order valence-electron chi connectivity index (χ4n) is 4.31. The maximum atomic E-state index is 5.51. The van der Waals surface area contributed by atoms with E-state index >= 15 is 0 Å². The average Bonchev–Trinajstić information content (AvgIpc) is 2.46. The Bertz CT molecular complexity index is 238. The first-order valence-electron chi connectivity index (χ1n) is 8.71. The van der Waals surface area contributed by atoms with Crippen LogP contribution in [0, 0.1) is 17.8 Å². The fourth-order valence-corrected chi connectivity index (χ4v) is 8.12. The van der Waals surface area contributed by atoms with Gasteiger partial charge in [0.15, 0.2) is 0 Å². The molecule has 2 fully saturated rings. The van der Waals surface area contributed by atoms with E-state index in [9.17, 15) is 0 Å². The van der Waals surface area contributed by atoms with Gasteiger partial charge in [0.2, 0.25) is 0 Å². The second-order valence-electron chi connectivity index (χ2n) is 7.52. The van der Waals surface area contributed by atoms with E-state index < -0.39 is 0 Å². The molecule has 0 aromatic carbocycles. The van der Waals surface area contributed by atoms with Gasteiger partial charge in [-0.25, -0.2) is 0 Å². The minimum atomic E-state index is -0.318. The molecule has 2 heteroatoms. The Morgan fingerprint density at radius 2 is 1.53 bits per heavy atom. The Morgan fingerprint density at radius 1 is 0.947 bits per heavy atom. The van der Waals surface area contributed by atoms with Gasteiger partial charge < -0.3 is 4.74 Å². The lowest BCUT2D eigenvalue weighted by atomic mass is 9.76. The van der Waals surface area contributed by atoms with Crippen LogP contribution in [0.25, 0.3) is 0 Å². The van der Waals surface area contributed by atoms with Crippen LogP contribution in [0.2, 0.25) is 18.1 Å². The molecule has 0 unspecified atom stereocenters. The van der Waals surface area contributed by atoms with Crippen molar-refractivity contribution in [1.82, 2.24) is 0 Å². The van der Waals surface area contributed by atoms with E-state index in [1.165, 1.54) is 32.1 Å². The zero-order valence-corrected chi connectivity index (χ0v) is 14.5. The van der Waals surface area contributed by atoms with E-state index in [1.54, 1.807) is 31.0 Å². The van der Waals surface area contributed by atoms with Crippen molar-refractivity contribution in [3.8, 4) is 0 Å². The molecule has 2 rings (SSSR count). The highest BCUT2D eigenvalue weighted by atomic mass is 28.3. The van der Waals surface area contributed by atoms with Crippen LogP contribution in [-0.4, -0.2) is 22.0 Å². The fraction of sp³-hybridized carbons (Fsp3) is 1.00. The van der Waals surface area contributed by atoms with Crippen molar-refractivity contribution in [3.05, 3.63) is 0 Å². The van der Waals surface area contributed by atoms with Crippen molar-refractivity contribution in [2.45, 2.75) is 83.0 Å². The third kappa shape index (κ3) is 4.89.